The number of amides is 1. The van der Waals surface area contributed by atoms with E-state index in [4.69, 9.17) is 4.74 Å². The van der Waals surface area contributed by atoms with E-state index in [1.807, 2.05) is 43.3 Å². The Balaban J connectivity index is 1.90. The van der Waals surface area contributed by atoms with Crippen LogP contribution in [0.15, 0.2) is 24.3 Å². The zero-order chi connectivity index (χ0) is 16.1. The number of hydrogen-bond donors (Lipinski definition) is 1. The molecule has 1 aromatic rings. The van der Waals surface area contributed by atoms with Gasteiger partial charge in [0, 0.05) is 38.1 Å². The molecule has 22 heavy (non-hydrogen) atoms. The van der Waals surface area contributed by atoms with Gasteiger partial charge in [-0.2, -0.15) is 0 Å². The molecule has 5 heteroatoms. The van der Waals surface area contributed by atoms with Crippen LogP contribution in [0, 0.1) is 5.92 Å². The molecule has 0 saturated carbocycles. The maximum atomic E-state index is 12.4. The molecule has 0 radical (unpaired) electrons. The van der Waals surface area contributed by atoms with E-state index >= 15 is 0 Å². The fraction of sp³-hybridized carbons (Fsp3) is 0.588. The summed E-state index contributed by atoms with van der Waals surface area (Å²) in [6, 6.07) is 8.07. The van der Waals surface area contributed by atoms with Gasteiger partial charge in [-0.25, -0.2) is 0 Å². The van der Waals surface area contributed by atoms with Gasteiger partial charge >= 0.3 is 0 Å². The Morgan fingerprint density at radius 3 is 2.77 bits per heavy atom. The normalized spacial score (nSPS) is 21.4. The van der Waals surface area contributed by atoms with Gasteiger partial charge in [-0.05, 0) is 38.2 Å². The summed E-state index contributed by atoms with van der Waals surface area (Å²) in [6.45, 7) is 1.48. The monoisotopic (exact) mass is 306 g/mol. The average molecular weight is 306 g/mol. The molecule has 2 atom stereocenters. The number of likely N-dealkylation sites (N-methyl/N-ethyl adjacent to an activating group) is 1. The maximum absolute atomic E-state index is 12.4. The number of ether oxygens (including phenoxy) is 1. The number of hydrogen-bond acceptors (Lipinski definition) is 4. The number of carbonyl (C=O) groups excluding carboxylic acids is 1. The van der Waals surface area contributed by atoms with Crippen molar-refractivity contribution in [3.8, 4) is 5.75 Å². The predicted molar refractivity (Wildman–Crippen MR) is 85.9 cm³/mol. The minimum absolute atomic E-state index is 0.127. The number of aryl methyl sites for hydroxylation is 1. The van der Waals surface area contributed by atoms with Gasteiger partial charge < -0.3 is 19.6 Å². The van der Waals surface area contributed by atoms with Crippen LogP contribution in [0.25, 0.3) is 0 Å². The second-order valence-corrected chi connectivity index (χ2v) is 6.12. The van der Waals surface area contributed by atoms with Crippen LogP contribution in [-0.2, 0) is 11.2 Å². The fourth-order valence-corrected chi connectivity index (χ4v) is 3.06. The summed E-state index contributed by atoms with van der Waals surface area (Å²) >= 11 is 0. The smallest absolute Gasteiger partial charge is 0.222 e. The summed E-state index contributed by atoms with van der Waals surface area (Å²) in [7, 11) is 5.64. The summed E-state index contributed by atoms with van der Waals surface area (Å²) in [4.78, 5) is 16.4. The lowest BCUT2D eigenvalue weighted by Crippen LogP contribution is -2.37. The molecule has 1 aromatic carbocycles. The molecular weight excluding hydrogens is 280 g/mol. The number of nitrogens with zero attached hydrogens (tertiary/aromatic N) is 2. The first kappa shape index (κ1) is 16.8. The molecule has 1 heterocycles. The summed E-state index contributed by atoms with van der Waals surface area (Å²) in [5.41, 5.74) is 1.11. The first-order valence-electron chi connectivity index (χ1n) is 7.73. The second kappa shape index (κ2) is 7.61. The lowest BCUT2D eigenvalue weighted by molar-refractivity contribution is -0.130. The van der Waals surface area contributed by atoms with Crippen molar-refractivity contribution in [2.45, 2.75) is 18.9 Å². The van der Waals surface area contributed by atoms with Crippen LogP contribution in [0.4, 0.5) is 0 Å². The standard InChI is InChI=1S/C17H26N2O3/c1-18(2)16-11-19(10-14(16)12-20)17(21)8-7-13-5-4-6-15(9-13)22-3/h4-6,9,14,16,20H,7-8,10-12H2,1-3H3/t14-,16+/m0/s1. The molecule has 1 fully saturated rings. The van der Waals surface area contributed by atoms with Gasteiger partial charge in [0.15, 0.2) is 0 Å². The summed E-state index contributed by atoms with van der Waals surface area (Å²) < 4.78 is 5.20. The number of aliphatic hydroxyl groups is 1. The van der Waals surface area contributed by atoms with Crippen molar-refractivity contribution in [3.63, 3.8) is 0 Å². The Labute approximate surface area is 132 Å². The molecule has 1 aliphatic rings. The van der Waals surface area contributed by atoms with Gasteiger partial charge in [-0.1, -0.05) is 12.1 Å². The van der Waals surface area contributed by atoms with Crippen LogP contribution >= 0.6 is 0 Å². The average Bonchev–Trinajstić information content (AvgIpc) is 2.97. The van der Waals surface area contributed by atoms with Crippen LogP contribution in [0.3, 0.4) is 0 Å². The highest BCUT2D eigenvalue weighted by Crippen LogP contribution is 2.21. The van der Waals surface area contributed by atoms with Crippen molar-refractivity contribution < 1.29 is 14.6 Å². The van der Waals surface area contributed by atoms with Crippen molar-refractivity contribution in [2.75, 3.05) is 40.9 Å². The number of carbonyl (C=O) groups is 1. The van der Waals surface area contributed by atoms with Crippen LogP contribution in [-0.4, -0.2) is 67.8 Å². The minimum Gasteiger partial charge on any atom is -0.497 e. The predicted octanol–water partition coefficient (Wildman–Crippen LogP) is 1.01. The van der Waals surface area contributed by atoms with Crippen LogP contribution in [0.2, 0.25) is 0 Å². The van der Waals surface area contributed by atoms with Gasteiger partial charge in [-0.3, -0.25) is 4.79 Å². The Kier molecular flexibility index (Phi) is 5.80. The van der Waals surface area contributed by atoms with E-state index in [1.54, 1.807) is 7.11 Å². The van der Waals surface area contributed by atoms with E-state index in [-0.39, 0.29) is 24.5 Å². The van der Waals surface area contributed by atoms with Gasteiger partial charge in [0.05, 0.1) is 7.11 Å². The third-order valence-corrected chi connectivity index (χ3v) is 4.42. The molecule has 0 spiro atoms. The molecule has 1 aliphatic heterocycles. The van der Waals surface area contributed by atoms with Crippen LogP contribution in [0.1, 0.15) is 12.0 Å². The molecule has 0 bridgehead atoms. The van der Waals surface area contributed by atoms with Gasteiger partial charge in [0.25, 0.3) is 0 Å². The lowest BCUT2D eigenvalue weighted by atomic mass is 10.0. The van der Waals surface area contributed by atoms with Crippen molar-refractivity contribution in [1.29, 1.82) is 0 Å². The largest absolute Gasteiger partial charge is 0.497 e. The molecule has 0 aliphatic carbocycles. The molecule has 0 aromatic heterocycles. The highest BCUT2D eigenvalue weighted by Gasteiger charge is 2.35. The van der Waals surface area contributed by atoms with Gasteiger partial charge in [0.2, 0.25) is 5.91 Å². The molecular formula is C17H26N2O3. The first-order valence-corrected chi connectivity index (χ1v) is 7.73. The number of likely N-dealkylation sites (tertiary alicyclic amines) is 1. The Bertz CT molecular complexity index is 504. The fourth-order valence-electron chi connectivity index (χ4n) is 3.06. The highest BCUT2D eigenvalue weighted by atomic mass is 16.5. The van der Waals surface area contributed by atoms with E-state index in [2.05, 4.69) is 4.90 Å². The molecule has 1 N–H and O–H groups in total. The molecule has 2 rings (SSSR count). The molecule has 0 unspecified atom stereocenters. The van der Waals surface area contributed by atoms with Crippen LogP contribution < -0.4 is 4.74 Å². The minimum atomic E-state index is 0.127. The van der Waals surface area contributed by atoms with E-state index in [9.17, 15) is 9.90 Å². The zero-order valence-electron chi connectivity index (χ0n) is 13.7. The topological polar surface area (TPSA) is 53.0 Å². The van der Waals surface area contributed by atoms with E-state index in [1.165, 1.54) is 0 Å². The molecule has 122 valence electrons. The highest BCUT2D eigenvalue weighted by molar-refractivity contribution is 5.77. The molecule has 5 nitrogen and oxygen atoms in total. The van der Waals surface area contributed by atoms with Crippen molar-refractivity contribution in [3.05, 3.63) is 29.8 Å². The zero-order valence-corrected chi connectivity index (χ0v) is 13.7. The van der Waals surface area contributed by atoms with Crippen molar-refractivity contribution in [1.82, 2.24) is 9.80 Å². The third-order valence-electron chi connectivity index (χ3n) is 4.42. The van der Waals surface area contributed by atoms with Gasteiger partial charge in [-0.15, -0.1) is 0 Å². The number of methoxy groups -OCH3 is 1. The Morgan fingerprint density at radius 1 is 1.41 bits per heavy atom. The van der Waals surface area contributed by atoms with E-state index < -0.39 is 0 Å². The summed E-state index contributed by atoms with van der Waals surface area (Å²) in [5.74, 6) is 1.13. The van der Waals surface area contributed by atoms with Crippen molar-refractivity contribution in [2.24, 2.45) is 5.92 Å². The number of aliphatic hydroxyl groups excluding tert-OH is 1. The first-order chi connectivity index (χ1) is 10.5. The SMILES string of the molecule is COc1cccc(CCC(=O)N2C[C@@H](CO)[C@H](N(C)C)C2)c1. The quantitative estimate of drug-likeness (QED) is 0.852. The summed E-state index contributed by atoms with van der Waals surface area (Å²) in [6.07, 6.45) is 1.20. The Hall–Kier alpha value is -1.59. The number of rotatable bonds is 6. The van der Waals surface area contributed by atoms with Crippen molar-refractivity contribution >= 4 is 5.91 Å². The lowest BCUT2D eigenvalue weighted by Gasteiger charge is -2.23. The maximum Gasteiger partial charge on any atom is 0.222 e. The van der Waals surface area contributed by atoms with E-state index in [0.717, 1.165) is 11.3 Å². The second-order valence-electron chi connectivity index (χ2n) is 6.12. The third kappa shape index (κ3) is 3.99. The van der Waals surface area contributed by atoms with Crippen LogP contribution in [0.5, 0.6) is 5.75 Å². The molecule has 1 amide bonds. The Morgan fingerprint density at radius 2 is 2.18 bits per heavy atom. The number of benzene rings is 1. The summed E-state index contributed by atoms with van der Waals surface area (Å²) in [5, 5.41) is 9.47. The molecule has 1 saturated heterocycles. The van der Waals surface area contributed by atoms with E-state index in [0.29, 0.717) is 25.9 Å². The van der Waals surface area contributed by atoms with Gasteiger partial charge in [0.1, 0.15) is 5.75 Å².